The molecule has 0 saturated heterocycles. The smallest absolute Gasteiger partial charge is 0.248 e. The van der Waals surface area contributed by atoms with Gasteiger partial charge in [-0.2, -0.15) is 4.98 Å². The fraction of sp³-hybridized carbons (Fsp3) is 0.0952. The van der Waals surface area contributed by atoms with Crippen LogP contribution in [0, 0.1) is 13.8 Å². The van der Waals surface area contributed by atoms with Gasteiger partial charge in [0.15, 0.2) is 5.82 Å². The van der Waals surface area contributed by atoms with Gasteiger partial charge in [-0.3, -0.25) is 4.98 Å². The van der Waals surface area contributed by atoms with Crippen LogP contribution in [0.5, 0.6) is 11.6 Å². The van der Waals surface area contributed by atoms with E-state index < -0.39 is 0 Å². The number of aryl methyl sites for hydroxylation is 2. The summed E-state index contributed by atoms with van der Waals surface area (Å²) >= 11 is 6.07. The molecule has 0 aliphatic rings. The summed E-state index contributed by atoms with van der Waals surface area (Å²) in [5.41, 5.74) is 10.2. The van der Waals surface area contributed by atoms with Gasteiger partial charge in [0.05, 0.1) is 5.52 Å². The quantitative estimate of drug-likeness (QED) is 0.483. The highest BCUT2D eigenvalue weighted by molar-refractivity contribution is 6.31. The van der Waals surface area contributed by atoms with Crippen molar-refractivity contribution in [1.82, 2.24) is 15.0 Å². The molecule has 4 aromatic rings. The lowest BCUT2D eigenvalue weighted by Gasteiger charge is -2.13. The maximum absolute atomic E-state index is 6.26. The lowest BCUT2D eigenvalue weighted by Crippen LogP contribution is -2.03. The summed E-state index contributed by atoms with van der Waals surface area (Å²) in [6.45, 7) is 3.87. The first kappa shape index (κ1) is 18.0. The highest BCUT2D eigenvalue weighted by Gasteiger charge is 2.12. The number of hydrogen-bond acceptors (Lipinski definition) is 6. The van der Waals surface area contributed by atoms with Crippen molar-refractivity contribution in [2.45, 2.75) is 13.8 Å². The Bertz CT molecular complexity index is 1180. The van der Waals surface area contributed by atoms with Crippen molar-refractivity contribution in [2.75, 3.05) is 11.1 Å². The van der Waals surface area contributed by atoms with E-state index in [1.807, 2.05) is 50.2 Å². The monoisotopic (exact) mass is 391 g/mol. The summed E-state index contributed by atoms with van der Waals surface area (Å²) in [6, 6.07) is 15.2. The van der Waals surface area contributed by atoms with E-state index in [4.69, 9.17) is 22.1 Å². The Morgan fingerprint density at radius 2 is 1.89 bits per heavy atom. The van der Waals surface area contributed by atoms with Crippen molar-refractivity contribution < 1.29 is 4.74 Å². The highest BCUT2D eigenvalue weighted by Crippen LogP contribution is 2.33. The number of hydrogen-bond donors (Lipinski definition) is 2. The first-order chi connectivity index (χ1) is 13.5. The van der Waals surface area contributed by atoms with Gasteiger partial charge in [-0.25, -0.2) is 4.98 Å². The summed E-state index contributed by atoms with van der Waals surface area (Å²) in [6.07, 6.45) is 1.41. The molecule has 2 aromatic heterocycles. The molecule has 28 heavy (non-hydrogen) atoms. The molecular formula is C21H18ClN5O. The Balaban J connectivity index is 1.66. The van der Waals surface area contributed by atoms with Gasteiger partial charge < -0.3 is 15.8 Å². The van der Waals surface area contributed by atoms with Gasteiger partial charge in [0.2, 0.25) is 5.88 Å². The summed E-state index contributed by atoms with van der Waals surface area (Å²) in [5.74, 6) is 1.33. The number of aromatic nitrogens is 3. The standard InChI is InChI=1S/C21H18ClN5O/c1-12-10-14(7-9-16(12)22)28-21-19(23)20(24-11-25-21)27-18-5-3-4-17-15(18)8-6-13(2)26-17/h3-11H,23H2,1-2H3,(H,24,25,27). The lowest BCUT2D eigenvalue weighted by molar-refractivity contribution is 0.464. The van der Waals surface area contributed by atoms with Gasteiger partial charge in [-0.1, -0.05) is 17.7 Å². The maximum atomic E-state index is 6.26. The maximum Gasteiger partial charge on any atom is 0.248 e. The minimum Gasteiger partial charge on any atom is -0.437 e. The topological polar surface area (TPSA) is 86.0 Å². The van der Waals surface area contributed by atoms with E-state index in [0.29, 0.717) is 22.3 Å². The van der Waals surface area contributed by atoms with Crippen LogP contribution in [0.4, 0.5) is 17.2 Å². The van der Waals surface area contributed by atoms with Crippen molar-refractivity contribution in [1.29, 1.82) is 0 Å². The Kier molecular flexibility index (Phi) is 4.71. The lowest BCUT2D eigenvalue weighted by atomic mass is 10.1. The number of nitrogen functional groups attached to an aromatic ring is 1. The fourth-order valence-corrected chi connectivity index (χ4v) is 2.96. The molecule has 2 heterocycles. The van der Waals surface area contributed by atoms with Gasteiger partial charge in [0.1, 0.15) is 17.8 Å². The van der Waals surface area contributed by atoms with Crippen LogP contribution in [0.2, 0.25) is 5.02 Å². The van der Waals surface area contributed by atoms with Gasteiger partial charge in [-0.05, 0) is 61.9 Å². The summed E-state index contributed by atoms with van der Waals surface area (Å²) < 4.78 is 5.84. The molecule has 0 spiro atoms. The van der Waals surface area contributed by atoms with Crippen molar-refractivity contribution in [3.8, 4) is 11.6 Å². The fourth-order valence-electron chi connectivity index (χ4n) is 2.85. The molecule has 0 radical (unpaired) electrons. The summed E-state index contributed by atoms with van der Waals surface area (Å²) in [7, 11) is 0. The van der Waals surface area contributed by atoms with E-state index in [1.165, 1.54) is 6.33 Å². The number of nitrogens with zero attached hydrogens (tertiary/aromatic N) is 3. The third-order valence-corrected chi connectivity index (χ3v) is 4.74. The first-order valence-corrected chi connectivity index (χ1v) is 9.07. The van der Waals surface area contributed by atoms with E-state index in [2.05, 4.69) is 20.3 Å². The Morgan fingerprint density at radius 1 is 1.04 bits per heavy atom. The zero-order valence-corrected chi connectivity index (χ0v) is 16.2. The van der Waals surface area contributed by atoms with E-state index >= 15 is 0 Å². The number of fused-ring (bicyclic) bond motifs is 1. The molecule has 6 nitrogen and oxygen atoms in total. The molecule has 2 aromatic carbocycles. The van der Waals surface area contributed by atoms with Crippen LogP contribution >= 0.6 is 11.6 Å². The number of rotatable bonds is 4. The summed E-state index contributed by atoms with van der Waals surface area (Å²) in [5, 5.41) is 4.91. The van der Waals surface area contributed by atoms with Crippen molar-refractivity contribution in [2.24, 2.45) is 0 Å². The van der Waals surface area contributed by atoms with Crippen LogP contribution in [-0.4, -0.2) is 15.0 Å². The Labute approximate surface area is 167 Å². The molecule has 0 aliphatic carbocycles. The minimum atomic E-state index is 0.272. The van der Waals surface area contributed by atoms with Crippen LogP contribution in [-0.2, 0) is 0 Å². The van der Waals surface area contributed by atoms with Gasteiger partial charge >= 0.3 is 0 Å². The molecule has 7 heteroatoms. The molecule has 0 bridgehead atoms. The van der Waals surface area contributed by atoms with Crippen molar-refractivity contribution in [3.05, 3.63) is 71.1 Å². The van der Waals surface area contributed by atoms with Gasteiger partial charge in [0, 0.05) is 21.8 Å². The van der Waals surface area contributed by atoms with Crippen LogP contribution < -0.4 is 15.8 Å². The number of halogens is 1. The predicted molar refractivity (Wildman–Crippen MR) is 112 cm³/mol. The van der Waals surface area contributed by atoms with Crippen LogP contribution in [0.3, 0.4) is 0 Å². The molecule has 0 aliphatic heterocycles. The van der Waals surface area contributed by atoms with Gasteiger partial charge in [-0.15, -0.1) is 0 Å². The summed E-state index contributed by atoms with van der Waals surface area (Å²) in [4.78, 5) is 13.0. The van der Waals surface area contributed by atoms with Crippen molar-refractivity contribution >= 4 is 39.7 Å². The molecule has 0 unspecified atom stereocenters. The molecule has 0 atom stereocenters. The third-order valence-electron chi connectivity index (χ3n) is 4.32. The normalized spacial score (nSPS) is 10.8. The number of nitrogens with two attached hydrogens (primary N) is 1. The Hall–Kier alpha value is -3.38. The van der Waals surface area contributed by atoms with E-state index in [-0.39, 0.29) is 5.88 Å². The minimum absolute atomic E-state index is 0.272. The average molecular weight is 392 g/mol. The molecule has 0 fully saturated rings. The number of anilines is 3. The second kappa shape index (κ2) is 7.32. The van der Waals surface area contributed by atoms with E-state index in [0.717, 1.165) is 27.8 Å². The number of pyridine rings is 1. The molecule has 0 saturated carbocycles. The number of benzene rings is 2. The van der Waals surface area contributed by atoms with Crippen LogP contribution in [0.25, 0.3) is 10.9 Å². The zero-order chi connectivity index (χ0) is 19.7. The van der Waals surface area contributed by atoms with E-state index in [1.54, 1.807) is 12.1 Å². The van der Waals surface area contributed by atoms with Crippen molar-refractivity contribution in [3.63, 3.8) is 0 Å². The largest absolute Gasteiger partial charge is 0.437 e. The number of ether oxygens (including phenoxy) is 1. The third kappa shape index (κ3) is 3.54. The second-order valence-corrected chi connectivity index (χ2v) is 6.81. The molecule has 140 valence electrons. The van der Waals surface area contributed by atoms with Crippen LogP contribution in [0.1, 0.15) is 11.3 Å². The average Bonchev–Trinajstić information content (AvgIpc) is 2.68. The molecule has 0 amide bonds. The molecule has 4 rings (SSSR count). The zero-order valence-electron chi connectivity index (χ0n) is 15.4. The second-order valence-electron chi connectivity index (χ2n) is 6.40. The first-order valence-electron chi connectivity index (χ1n) is 8.69. The molecule has 3 N–H and O–H groups in total. The van der Waals surface area contributed by atoms with Crippen LogP contribution in [0.15, 0.2) is 54.9 Å². The van der Waals surface area contributed by atoms with Gasteiger partial charge in [0.25, 0.3) is 0 Å². The number of nitrogens with one attached hydrogen (secondary N) is 1. The predicted octanol–water partition coefficient (Wildman–Crippen LogP) is 5.41. The Morgan fingerprint density at radius 3 is 2.71 bits per heavy atom. The molecular weight excluding hydrogens is 374 g/mol. The highest BCUT2D eigenvalue weighted by atomic mass is 35.5. The van der Waals surface area contributed by atoms with E-state index in [9.17, 15) is 0 Å². The SMILES string of the molecule is Cc1ccc2c(Nc3ncnc(Oc4ccc(Cl)c(C)c4)c3N)cccc2n1.